The standard InChI is InChI=1S/C16H15ClFN3/c1-10-7-8-19-16-15(10)20-14(9-17)21(16)11(2)12-5-3-4-6-13(12)18/h3-8,11H,9H2,1-2H3. The third-order valence-corrected chi connectivity index (χ3v) is 3.95. The minimum atomic E-state index is -0.236. The van der Waals surface area contributed by atoms with Crippen LogP contribution in [-0.2, 0) is 5.88 Å². The molecule has 0 saturated heterocycles. The number of nitrogens with zero attached hydrogens (tertiary/aromatic N) is 3. The molecule has 3 aromatic rings. The van der Waals surface area contributed by atoms with Crippen molar-refractivity contribution < 1.29 is 4.39 Å². The van der Waals surface area contributed by atoms with Gasteiger partial charge in [0.1, 0.15) is 17.2 Å². The fourth-order valence-corrected chi connectivity index (χ4v) is 2.80. The minimum absolute atomic E-state index is 0.223. The van der Waals surface area contributed by atoms with Crippen LogP contribution in [0.25, 0.3) is 11.2 Å². The number of alkyl halides is 1. The van der Waals surface area contributed by atoms with E-state index in [1.54, 1.807) is 18.3 Å². The van der Waals surface area contributed by atoms with Crippen molar-refractivity contribution >= 4 is 22.8 Å². The Hall–Kier alpha value is -1.94. The number of hydrogen-bond acceptors (Lipinski definition) is 2. The summed E-state index contributed by atoms with van der Waals surface area (Å²) in [5.41, 5.74) is 3.19. The molecule has 3 rings (SSSR count). The van der Waals surface area contributed by atoms with Crippen molar-refractivity contribution in [1.82, 2.24) is 14.5 Å². The Labute approximate surface area is 127 Å². The highest BCUT2D eigenvalue weighted by Crippen LogP contribution is 2.28. The molecule has 2 heterocycles. The monoisotopic (exact) mass is 303 g/mol. The Morgan fingerprint density at radius 1 is 1.29 bits per heavy atom. The molecule has 5 heteroatoms. The maximum absolute atomic E-state index is 14.1. The maximum atomic E-state index is 14.1. The first-order chi connectivity index (χ1) is 10.1. The minimum Gasteiger partial charge on any atom is -0.304 e. The highest BCUT2D eigenvalue weighted by Gasteiger charge is 2.20. The van der Waals surface area contributed by atoms with Gasteiger partial charge in [0.2, 0.25) is 0 Å². The molecule has 2 aromatic heterocycles. The predicted octanol–water partition coefficient (Wildman–Crippen LogP) is 4.23. The maximum Gasteiger partial charge on any atom is 0.160 e. The van der Waals surface area contributed by atoms with Crippen LogP contribution in [0.1, 0.15) is 29.9 Å². The molecule has 1 aromatic carbocycles. The van der Waals surface area contributed by atoms with Crippen LogP contribution in [0, 0.1) is 12.7 Å². The van der Waals surface area contributed by atoms with Gasteiger partial charge in [0.15, 0.2) is 5.65 Å². The fourth-order valence-electron chi connectivity index (χ4n) is 2.61. The lowest BCUT2D eigenvalue weighted by Gasteiger charge is -2.17. The van der Waals surface area contributed by atoms with Crippen LogP contribution in [0.15, 0.2) is 36.5 Å². The lowest BCUT2D eigenvalue weighted by molar-refractivity contribution is 0.555. The van der Waals surface area contributed by atoms with Crippen molar-refractivity contribution in [2.45, 2.75) is 25.8 Å². The van der Waals surface area contributed by atoms with Gasteiger partial charge in [0, 0.05) is 11.8 Å². The average Bonchev–Trinajstić information content (AvgIpc) is 2.87. The molecule has 0 radical (unpaired) electrons. The summed E-state index contributed by atoms with van der Waals surface area (Å²) < 4.78 is 16.0. The third-order valence-electron chi connectivity index (χ3n) is 3.72. The molecule has 3 nitrogen and oxygen atoms in total. The van der Waals surface area contributed by atoms with E-state index in [2.05, 4.69) is 9.97 Å². The smallest absolute Gasteiger partial charge is 0.160 e. The Morgan fingerprint density at radius 3 is 2.76 bits per heavy atom. The van der Waals surface area contributed by atoms with E-state index >= 15 is 0 Å². The topological polar surface area (TPSA) is 30.7 Å². The van der Waals surface area contributed by atoms with Gasteiger partial charge in [0.25, 0.3) is 0 Å². The fraction of sp³-hybridized carbons (Fsp3) is 0.250. The number of imidazole rings is 1. The number of rotatable bonds is 3. The van der Waals surface area contributed by atoms with Crippen molar-refractivity contribution in [3.05, 3.63) is 59.3 Å². The number of halogens is 2. The molecule has 1 unspecified atom stereocenters. The van der Waals surface area contributed by atoms with E-state index in [1.807, 2.05) is 30.5 Å². The van der Waals surface area contributed by atoms with Gasteiger partial charge >= 0.3 is 0 Å². The van der Waals surface area contributed by atoms with E-state index < -0.39 is 0 Å². The van der Waals surface area contributed by atoms with E-state index in [-0.39, 0.29) is 17.7 Å². The molecule has 0 N–H and O–H groups in total. The summed E-state index contributed by atoms with van der Waals surface area (Å²) in [6.07, 6.45) is 1.74. The molecule has 0 saturated carbocycles. The molecule has 108 valence electrons. The first-order valence-electron chi connectivity index (χ1n) is 6.76. The lowest BCUT2D eigenvalue weighted by atomic mass is 10.1. The Balaban J connectivity index is 2.24. The molecule has 0 aliphatic heterocycles. The number of benzene rings is 1. The van der Waals surface area contributed by atoms with Crippen LogP contribution < -0.4 is 0 Å². The van der Waals surface area contributed by atoms with Crippen molar-refractivity contribution in [3.8, 4) is 0 Å². The zero-order chi connectivity index (χ0) is 15.0. The van der Waals surface area contributed by atoms with E-state index in [0.29, 0.717) is 11.4 Å². The number of pyridine rings is 1. The summed E-state index contributed by atoms with van der Waals surface area (Å²) in [7, 11) is 0. The molecular formula is C16H15ClFN3. The van der Waals surface area contributed by atoms with Gasteiger partial charge in [-0.15, -0.1) is 11.6 Å². The SMILES string of the molecule is Cc1ccnc2c1nc(CCl)n2C(C)c1ccccc1F. The van der Waals surface area contributed by atoms with Crippen molar-refractivity contribution in [1.29, 1.82) is 0 Å². The van der Waals surface area contributed by atoms with Crippen LogP contribution in [0.5, 0.6) is 0 Å². The van der Waals surface area contributed by atoms with Crippen LogP contribution in [0.4, 0.5) is 4.39 Å². The molecule has 0 bridgehead atoms. The molecule has 0 aliphatic rings. The Morgan fingerprint density at radius 2 is 2.05 bits per heavy atom. The van der Waals surface area contributed by atoms with E-state index in [0.717, 1.165) is 16.7 Å². The molecule has 0 aliphatic carbocycles. The van der Waals surface area contributed by atoms with Crippen LogP contribution >= 0.6 is 11.6 Å². The number of fused-ring (bicyclic) bond motifs is 1. The summed E-state index contributed by atoms with van der Waals surface area (Å²) in [6.45, 7) is 3.91. The summed E-state index contributed by atoms with van der Waals surface area (Å²) in [4.78, 5) is 8.96. The number of aryl methyl sites for hydroxylation is 1. The second kappa shape index (κ2) is 5.45. The predicted molar refractivity (Wildman–Crippen MR) is 82.0 cm³/mol. The van der Waals surface area contributed by atoms with E-state index in [1.165, 1.54) is 6.07 Å². The molecule has 0 fully saturated rings. The van der Waals surface area contributed by atoms with Gasteiger partial charge in [0.05, 0.1) is 11.9 Å². The van der Waals surface area contributed by atoms with Gasteiger partial charge in [-0.05, 0) is 31.5 Å². The summed E-state index contributed by atoms with van der Waals surface area (Å²) in [5.74, 6) is 0.721. The van der Waals surface area contributed by atoms with Gasteiger partial charge < -0.3 is 4.57 Å². The Kier molecular flexibility index (Phi) is 3.64. The molecule has 0 spiro atoms. The van der Waals surface area contributed by atoms with Crippen molar-refractivity contribution in [2.75, 3.05) is 0 Å². The van der Waals surface area contributed by atoms with Crippen molar-refractivity contribution in [3.63, 3.8) is 0 Å². The molecular weight excluding hydrogens is 289 g/mol. The molecule has 1 atom stereocenters. The summed E-state index contributed by atoms with van der Waals surface area (Å²) in [6, 6.07) is 8.43. The highest BCUT2D eigenvalue weighted by atomic mass is 35.5. The van der Waals surface area contributed by atoms with Gasteiger partial charge in [-0.2, -0.15) is 0 Å². The molecule has 21 heavy (non-hydrogen) atoms. The Bertz CT molecular complexity index is 797. The summed E-state index contributed by atoms with van der Waals surface area (Å²) in [5, 5.41) is 0. The number of hydrogen-bond donors (Lipinski definition) is 0. The van der Waals surface area contributed by atoms with Crippen molar-refractivity contribution in [2.24, 2.45) is 0 Å². The first-order valence-corrected chi connectivity index (χ1v) is 7.29. The first kappa shape index (κ1) is 14.0. The zero-order valence-corrected chi connectivity index (χ0v) is 12.6. The van der Waals surface area contributed by atoms with Gasteiger partial charge in [-0.3, -0.25) is 0 Å². The molecule has 0 amide bonds. The second-order valence-corrected chi connectivity index (χ2v) is 5.30. The van der Waals surface area contributed by atoms with Gasteiger partial charge in [-0.1, -0.05) is 18.2 Å². The van der Waals surface area contributed by atoms with Crippen LogP contribution in [-0.4, -0.2) is 14.5 Å². The van der Waals surface area contributed by atoms with Crippen LogP contribution in [0.2, 0.25) is 0 Å². The van der Waals surface area contributed by atoms with Gasteiger partial charge in [-0.25, -0.2) is 14.4 Å². The van der Waals surface area contributed by atoms with Crippen LogP contribution in [0.3, 0.4) is 0 Å². The lowest BCUT2D eigenvalue weighted by Crippen LogP contribution is -2.12. The highest BCUT2D eigenvalue weighted by molar-refractivity contribution is 6.16. The average molecular weight is 304 g/mol. The quantitative estimate of drug-likeness (QED) is 0.678. The van der Waals surface area contributed by atoms with E-state index in [4.69, 9.17) is 11.6 Å². The van der Waals surface area contributed by atoms with E-state index in [9.17, 15) is 4.39 Å². The summed E-state index contributed by atoms with van der Waals surface area (Å²) >= 11 is 6.02. The largest absolute Gasteiger partial charge is 0.304 e. The number of aromatic nitrogens is 3. The zero-order valence-electron chi connectivity index (χ0n) is 11.8. The normalized spacial score (nSPS) is 12.8. The second-order valence-electron chi connectivity index (χ2n) is 5.03. The third kappa shape index (κ3) is 2.29.